The third-order valence-electron chi connectivity index (χ3n) is 2.94. The molecule has 0 radical (unpaired) electrons. The number of aryl methyl sites for hydroxylation is 2. The summed E-state index contributed by atoms with van der Waals surface area (Å²) in [4.78, 5) is 1.38. The lowest BCUT2D eigenvalue weighted by Crippen LogP contribution is -2.22. The predicted octanol–water partition coefficient (Wildman–Crippen LogP) is 4.61. The number of rotatable bonds is 5. The van der Waals surface area contributed by atoms with Crippen molar-refractivity contribution in [3.63, 3.8) is 0 Å². The lowest BCUT2D eigenvalue weighted by Gasteiger charge is -2.16. The Hall–Kier alpha value is -0.580. The van der Waals surface area contributed by atoms with Gasteiger partial charge in [-0.3, -0.25) is 0 Å². The van der Waals surface area contributed by atoms with Gasteiger partial charge in [0.15, 0.2) is 0 Å². The first kappa shape index (κ1) is 13.8. The number of thiophene rings is 1. The maximum atomic E-state index is 5.64. The van der Waals surface area contributed by atoms with E-state index < -0.39 is 0 Å². The van der Waals surface area contributed by atoms with Gasteiger partial charge >= 0.3 is 0 Å². The van der Waals surface area contributed by atoms with Crippen LogP contribution in [0.4, 0.5) is 0 Å². The van der Waals surface area contributed by atoms with Gasteiger partial charge in [-0.2, -0.15) is 0 Å². The van der Waals surface area contributed by atoms with Crippen LogP contribution in [0.3, 0.4) is 0 Å². The molecule has 0 aromatic carbocycles. The molecule has 0 aliphatic heterocycles. The van der Waals surface area contributed by atoms with E-state index in [1.54, 1.807) is 11.3 Å². The molecule has 1 unspecified atom stereocenters. The molecule has 4 heteroatoms. The minimum Gasteiger partial charge on any atom is -0.466 e. The van der Waals surface area contributed by atoms with Crippen LogP contribution in [0.2, 0.25) is 0 Å². The zero-order valence-corrected chi connectivity index (χ0v) is 13.3. The van der Waals surface area contributed by atoms with Crippen LogP contribution < -0.4 is 5.32 Å². The van der Waals surface area contributed by atoms with Crippen molar-refractivity contribution < 1.29 is 4.42 Å². The summed E-state index contributed by atoms with van der Waals surface area (Å²) in [7, 11) is 0. The summed E-state index contributed by atoms with van der Waals surface area (Å²) in [5, 5.41) is 3.54. The molecule has 0 amide bonds. The van der Waals surface area contributed by atoms with Crippen molar-refractivity contribution in [3.05, 3.63) is 43.9 Å². The molecule has 0 spiro atoms. The van der Waals surface area contributed by atoms with E-state index in [-0.39, 0.29) is 0 Å². The number of halogens is 1. The van der Waals surface area contributed by atoms with Crippen LogP contribution in [0.25, 0.3) is 0 Å². The SMILES string of the molecule is CCNC(Cc1ccc(Br)s1)c1cc(C)oc1C. The smallest absolute Gasteiger partial charge is 0.105 e. The molecule has 2 heterocycles. The number of likely N-dealkylation sites (N-methyl/N-ethyl adjacent to an activating group) is 1. The second-order valence-electron chi connectivity index (χ2n) is 4.39. The topological polar surface area (TPSA) is 25.2 Å². The highest BCUT2D eigenvalue weighted by Crippen LogP contribution is 2.29. The summed E-state index contributed by atoms with van der Waals surface area (Å²) in [5.41, 5.74) is 1.28. The van der Waals surface area contributed by atoms with Crippen molar-refractivity contribution in [3.8, 4) is 0 Å². The second-order valence-corrected chi connectivity index (χ2v) is 6.94. The van der Waals surface area contributed by atoms with E-state index in [0.29, 0.717) is 6.04 Å². The Morgan fingerprint density at radius 1 is 1.39 bits per heavy atom. The molecule has 0 bridgehead atoms. The van der Waals surface area contributed by atoms with Gasteiger partial charge in [-0.05, 0) is 54.5 Å². The highest BCUT2D eigenvalue weighted by Gasteiger charge is 2.17. The van der Waals surface area contributed by atoms with Crippen molar-refractivity contribution in [1.82, 2.24) is 5.32 Å². The van der Waals surface area contributed by atoms with Crippen molar-refractivity contribution in [2.45, 2.75) is 33.2 Å². The highest BCUT2D eigenvalue weighted by molar-refractivity contribution is 9.11. The second kappa shape index (κ2) is 6.04. The van der Waals surface area contributed by atoms with Gasteiger partial charge in [-0.15, -0.1) is 11.3 Å². The Bertz CT molecular complexity index is 518. The van der Waals surface area contributed by atoms with Crippen molar-refractivity contribution in [2.75, 3.05) is 6.54 Å². The van der Waals surface area contributed by atoms with Crippen LogP contribution in [0, 0.1) is 13.8 Å². The third kappa shape index (κ3) is 3.25. The molecule has 1 atom stereocenters. The highest BCUT2D eigenvalue weighted by atomic mass is 79.9. The number of furan rings is 1. The Morgan fingerprint density at radius 2 is 2.17 bits per heavy atom. The molecule has 2 nitrogen and oxygen atoms in total. The van der Waals surface area contributed by atoms with Crippen molar-refractivity contribution >= 4 is 27.3 Å². The van der Waals surface area contributed by atoms with Gasteiger partial charge in [0.2, 0.25) is 0 Å². The number of hydrogen-bond acceptors (Lipinski definition) is 3. The molecule has 0 fully saturated rings. The molecule has 0 aliphatic rings. The molecule has 18 heavy (non-hydrogen) atoms. The lowest BCUT2D eigenvalue weighted by molar-refractivity contribution is 0.485. The summed E-state index contributed by atoms with van der Waals surface area (Å²) < 4.78 is 6.83. The Labute approximate surface area is 121 Å². The molecular formula is C14H18BrNOS. The minimum absolute atomic E-state index is 0.331. The van der Waals surface area contributed by atoms with E-state index >= 15 is 0 Å². The first-order valence-corrected chi connectivity index (χ1v) is 7.75. The van der Waals surface area contributed by atoms with Crippen molar-refractivity contribution in [2.24, 2.45) is 0 Å². The average Bonchev–Trinajstić information content (AvgIpc) is 2.84. The molecule has 0 aliphatic carbocycles. The van der Waals surface area contributed by atoms with Gasteiger partial charge < -0.3 is 9.73 Å². The Balaban J connectivity index is 2.20. The summed E-state index contributed by atoms with van der Waals surface area (Å²) in [5.74, 6) is 2.01. The van der Waals surface area contributed by atoms with E-state index in [0.717, 1.165) is 24.5 Å². The van der Waals surface area contributed by atoms with E-state index in [4.69, 9.17) is 4.42 Å². The van der Waals surface area contributed by atoms with Gasteiger partial charge in [0.05, 0.1) is 3.79 Å². The predicted molar refractivity (Wildman–Crippen MR) is 80.3 cm³/mol. The van der Waals surface area contributed by atoms with Crippen LogP contribution in [0.5, 0.6) is 0 Å². The standard InChI is InChI=1S/C14H18BrNOS/c1-4-16-13(8-11-5-6-14(15)18-11)12-7-9(2)17-10(12)3/h5-7,13,16H,4,8H2,1-3H3. The van der Waals surface area contributed by atoms with Gasteiger partial charge in [0, 0.05) is 22.9 Å². The van der Waals surface area contributed by atoms with Crippen molar-refractivity contribution in [1.29, 1.82) is 0 Å². The van der Waals surface area contributed by atoms with Crippen LogP contribution in [0.1, 0.15) is 34.9 Å². The zero-order valence-electron chi connectivity index (χ0n) is 10.9. The monoisotopic (exact) mass is 327 g/mol. The molecule has 2 rings (SSSR count). The molecule has 0 saturated carbocycles. The summed E-state index contributed by atoms with van der Waals surface area (Å²) in [6.07, 6.45) is 1.00. The van der Waals surface area contributed by atoms with E-state index in [1.807, 2.05) is 13.8 Å². The van der Waals surface area contributed by atoms with Crippen LogP contribution in [-0.4, -0.2) is 6.54 Å². The van der Waals surface area contributed by atoms with Crippen LogP contribution in [0.15, 0.2) is 26.4 Å². The molecule has 2 aromatic rings. The van der Waals surface area contributed by atoms with Crippen LogP contribution >= 0.6 is 27.3 Å². The molecule has 1 N–H and O–H groups in total. The van der Waals surface area contributed by atoms with Gasteiger partial charge in [0.25, 0.3) is 0 Å². The average molecular weight is 328 g/mol. The fourth-order valence-electron chi connectivity index (χ4n) is 2.20. The number of hydrogen-bond donors (Lipinski definition) is 1. The van der Waals surface area contributed by atoms with E-state index in [2.05, 4.69) is 46.4 Å². The zero-order chi connectivity index (χ0) is 13.1. The summed E-state index contributed by atoms with van der Waals surface area (Å²) >= 11 is 5.31. The largest absolute Gasteiger partial charge is 0.466 e. The first-order valence-electron chi connectivity index (χ1n) is 6.14. The Kier molecular flexibility index (Phi) is 4.65. The van der Waals surface area contributed by atoms with E-state index in [9.17, 15) is 0 Å². The molecule has 98 valence electrons. The van der Waals surface area contributed by atoms with Gasteiger partial charge in [-0.1, -0.05) is 6.92 Å². The quantitative estimate of drug-likeness (QED) is 0.867. The van der Waals surface area contributed by atoms with Crippen LogP contribution in [-0.2, 0) is 6.42 Å². The fourth-order valence-corrected chi connectivity index (χ4v) is 3.73. The number of nitrogens with one attached hydrogen (secondary N) is 1. The fraction of sp³-hybridized carbons (Fsp3) is 0.429. The first-order chi connectivity index (χ1) is 8.60. The maximum absolute atomic E-state index is 5.64. The van der Waals surface area contributed by atoms with Gasteiger partial charge in [0.1, 0.15) is 11.5 Å². The molecular weight excluding hydrogens is 310 g/mol. The summed E-state index contributed by atoms with van der Waals surface area (Å²) in [6, 6.07) is 6.77. The summed E-state index contributed by atoms with van der Waals surface area (Å²) in [6.45, 7) is 7.14. The van der Waals surface area contributed by atoms with Gasteiger partial charge in [-0.25, -0.2) is 0 Å². The molecule has 0 saturated heterocycles. The lowest BCUT2D eigenvalue weighted by atomic mass is 10.0. The molecule has 2 aromatic heterocycles. The minimum atomic E-state index is 0.331. The normalized spacial score (nSPS) is 12.9. The maximum Gasteiger partial charge on any atom is 0.105 e. The third-order valence-corrected chi connectivity index (χ3v) is 4.59. The van der Waals surface area contributed by atoms with E-state index in [1.165, 1.54) is 14.2 Å². The Morgan fingerprint density at radius 3 is 2.67 bits per heavy atom.